The van der Waals surface area contributed by atoms with E-state index in [9.17, 15) is 31.9 Å². The third-order valence-corrected chi connectivity index (χ3v) is 6.49. The lowest BCUT2D eigenvalue weighted by molar-refractivity contribution is -0.290. The summed E-state index contributed by atoms with van der Waals surface area (Å²) >= 11 is 0. The van der Waals surface area contributed by atoms with Crippen molar-refractivity contribution in [3.8, 4) is 11.5 Å². The number of benzene rings is 2. The maximum atomic E-state index is 13.0. The van der Waals surface area contributed by atoms with E-state index < -0.39 is 24.7 Å². The molecule has 0 unspecified atom stereocenters. The van der Waals surface area contributed by atoms with E-state index in [2.05, 4.69) is 14.5 Å². The number of methoxy groups -OCH3 is 1. The van der Waals surface area contributed by atoms with Gasteiger partial charge in [0.05, 0.1) is 7.11 Å². The number of nitrogens with zero attached hydrogens (tertiary/aromatic N) is 2. The summed E-state index contributed by atoms with van der Waals surface area (Å²) in [6, 6.07) is 11.9. The van der Waals surface area contributed by atoms with Crippen LogP contribution in [-0.2, 0) is 13.1 Å². The molecule has 2 aliphatic rings. The average molecular weight is 500 g/mol. The molecule has 11 heteroatoms. The van der Waals surface area contributed by atoms with Gasteiger partial charge in [0.25, 0.3) is 0 Å². The number of aromatic carboxylic acids is 1. The normalized spacial score (nSPS) is 20.9. The molecule has 35 heavy (non-hydrogen) atoms. The highest BCUT2D eigenvalue weighted by Crippen LogP contribution is 2.36. The molecule has 0 spiro atoms. The van der Waals surface area contributed by atoms with Crippen molar-refractivity contribution in [3.63, 3.8) is 0 Å². The Hall–Kier alpha value is -2.92. The van der Waals surface area contributed by atoms with Crippen molar-refractivity contribution < 1.29 is 41.3 Å². The summed E-state index contributed by atoms with van der Waals surface area (Å²) in [5.74, 6) is -5.66. The zero-order valence-electron chi connectivity index (χ0n) is 18.9. The molecule has 2 aliphatic heterocycles. The van der Waals surface area contributed by atoms with Gasteiger partial charge >= 0.3 is 18.1 Å². The van der Waals surface area contributed by atoms with Crippen LogP contribution in [0.3, 0.4) is 0 Å². The molecule has 0 aromatic heterocycles. The highest BCUT2D eigenvalue weighted by molar-refractivity contribution is 5.90. The number of halogens is 5. The number of piperazine rings is 1. The average Bonchev–Trinajstić information content (AvgIpc) is 3.37. The van der Waals surface area contributed by atoms with Crippen molar-refractivity contribution in [2.24, 2.45) is 0 Å². The van der Waals surface area contributed by atoms with Crippen LogP contribution in [0.15, 0.2) is 42.5 Å². The molecular formula is C24H25F5N2O4. The number of ether oxygens (including phenoxy) is 2. The lowest BCUT2D eigenvalue weighted by atomic mass is 10.1. The molecule has 2 aromatic rings. The van der Waals surface area contributed by atoms with Gasteiger partial charge in [0.1, 0.15) is 17.1 Å². The Balaban J connectivity index is 1.29. The topological polar surface area (TPSA) is 62.2 Å². The molecular weight excluding hydrogens is 475 g/mol. The molecule has 0 radical (unpaired) electrons. The second kappa shape index (κ2) is 9.62. The molecule has 0 amide bonds. The summed E-state index contributed by atoms with van der Waals surface area (Å²) in [6.45, 7) is 1.24. The Morgan fingerprint density at radius 1 is 0.971 bits per heavy atom. The first-order chi connectivity index (χ1) is 16.5. The van der Waals surface area contributed by atoms with Gasteiger partial charge in [-0.1, -0.05) is 18.2 Å². The second-order valence-corrected chi connectivity index (χ2v) is 8.88. The summed E-state index contributed by atoms with van der Waals surface area (Å²) in [5, 5.41) is 9.24. The molecule has 2 bridgehead atoms. The summed E-state index contributed by atoms with van der Waals surface area (Å²) in [6.07, 6.45) is -4.65. The van der Waals surface area contributed by atoms with Gasteiger partial charge in [-0.25, -0.2) is 4.79 Å². The van der Waals surface area contributed by atoms with Gasteiger partial charge < -0.3 is 14.6 Å². The smallest absolute Gasteiger partial charge is 0.456 e. The minimum atomic E-state index is -5.65. The van der Waals surface area contributed by atoms with Crippen molar-refractivity contribution in [1.82, 2.24) is 9.80 Å². The molecule has 4 rings (SSSR count). The first-order valence-electron chi connectivity index (χ1n) is 11.0. The maximum Gasteiger partial charge on any atom is 0.456 e. The van der Waals surface area contributed by atoms with Gasteiger partial charge in [-0.2, -0.15) is 22.0 Å². The molecule has 2 saturated heterocycles. The lowest BCUT2D eigenvalue weighted by Gasteiger charge is -2.34. The summed E-state index contributed by atoms with van der Waals surface area (Å²) in [7, 11) is 1.44. The zero-order valence-corrected chi connectivity index (χ0v) is 18.9. The molecule has 2 aromatic carbocycles. The highest BCUT2D eigenvalue weighted by Gasteiger charge is 2.58. The fourth-order valence-corrected chi connectivity index (χ4v) is 4.65. The number of fused-ring (bicyclic) bond motifs is 2. The van der Waals surface area contributed by atoms with Gasteiger partial charge in [-0.3, -0.25) is 9.80 Å². The van der Waals surface area contributed by atoms with E-state index in [-0.39, 0.29) is 11.3 Å². The Labute approximate surface area is 198 Å². The number of hydrogen-bond acceptors (Lipinski definition) is 5. The molecule has 0 aliphatic carbocycles. The van der Waals surface area contributed by atoms with E-state index in [0.29, 0.717) is 30.9 Å². The molecule has 6 nitrogen and oxygen atoms in total. The SMILES string of the molecule is COc1cc(CN2C[C@@H]3C[C@H]2CN3Cc2ccc(OCC(F)(F)C(F)(F)F)cc2)ccc1C(=O)O. The van der Waals surface area contributed by atoms with E-state index >= 15 is 0 Å². The maximum absolute atomic E-state index is 13.0. The summed E-state index contributed by atoms with van der Waals surface area (Å²) in [5.41, 5.74) is 2.00. The van der Waals surface area contributed by atoms with Gasteiger partial charge in [0, 0.05) is 38.3 Å². The third-order valence-electron chi connectivity index (χ3n) is 6.49. The Morgan fingerprint density at radius 3 is 2.06 bits per heavy atom. The molecule has 2 atom stereocenters. The molecule has 2 fully saturated rings. The van der Waals surface area contributed by atoms with Crippen LogP contribution in [0, 0.1) is 0 Å². The Morgan fingerprint density at radius 2 is 1.54 bits per heavy atom. The summed E-state index contributed by atoms with van der Waals surface area (Å²) < 4.78 is 72.7. The van der Waals surface area contributed by atoms with E-state index in [1.807, 2.05) is 0 Å². The van der Waals surface area contributed by atoms with Gasteiger partial charge in [-0.15, -0.1) is 0 Å². The van der Waals surface area contributed by atoms with Crippen LogP contribution < -0.4 is 9.47 Å². The van der Waals surface area contributed by atoms with Crippen molar-refractivity contribution in [2.45, 2.75) is 43.7 Å². The molecule has 1 N–H and O–H groups in total. The highest BCUT2D eigenvalue weighted by atomic mass is 19.4. The number of carbonyl (C=O) groups is 1. The van der Waals surface area contributed by atoms with Crippen LogP contribution in [0.4, 0.5) is 22.0 Å². The van der Waals surface area contributed by atoms with E-state index in [1.54, 1.807) is 30.3 Å². The van der Waals surface area contributed by atoms with Crippen LogP contribution in [0.25, 0.3) is 0 Å². The first-order valence-corrected chi connectivity index (χ1v) is 11.0. The van der Waals surface area contributed by atoms with Crippen LogP contribution >= 0.6 is 0 Å². The zero-order chi connectivity index (χ0) is 25.4. The van der Waals surface area contributed by atoms with Crippen molar-refractivity contribution in [2.75, 3.05) is 26.8 Å². The molecule has 2 heterocycles. The van der Waals surface area contributed by atoms with Gasteiger partial charge in [0.15, 0.2) is 6.61 Å². The standard InChI is InChI=1S/C24H25F5N2O4/c1-34-21-8-16(4-7-20(21)22(32)33)11-31-13-17-9-18(31)12-30(17)10-15-2-5-19(6-3-15)35-14-23(25,26)24(27,28)29/h2-8,17-18H,9-14H2,1H3,(H,32,33)/t17-,18-/m0/s1. The second-order valence-electron chi connectivity index (χ2n) is 8.88. The van der Waals surface area contributed by atoms with Crippen molar-refractivity contribution in [1.29, 1.82) is 0 Å². The van der Waals surface area contributed by atoms with Crippen LogP contribution in [-0.4, -0.2) is 71.9 Å². The number of hydrogen-bond donors (Lipinski definition) is 1. The predicted octanol–water partition coefficient (Wildman–Crippen LogP) is 4.43. The number of carboxylic acids is 1. The summed E-state index contributed by atoms with van der Waals surface area (Å²) in [4.78, 5) is 16.0. The fourth-order valence-electron chi connectivity index (χ4n) is 4.65. The molecule has 190 valence electrons. The van der Waals surface area contributed by atoms with Crippen LogP contribution in [0.5, 0.6) is 11.5 Å². The van der Waals surface area contributed by atoms with E-state index in [1.165, 1.54) is 19.2 Å². The van der Waals surface area contributed by atoms with E-state index in [4.69, 9.17) is 4.74 Å². The van der Waals surface area contributed by atoms with Crippen LogP contribution in [0.1, 0.15) is 27.9 Å². The first kappa shape index (κ1) is 25.2. The third kappa shape index (κ3) is 5.51. The van der Waals surface area contributed by atoms with E-state index in [0.717, 1.165) is 30.6 Å². The Kier molecular flexibility index (Phi) is 6.92. The predicted molar refractivity (Wildman–Crippen MR) is 116 cm³/mol. The minimum absolute atomic E-state index is 0.0452. The largest absolute Gasteiger partial charge is 0.496 e. The number of alkyl halides is 5. The quantitative estimate of drug-likeness (QED) is 0.515. The van der Waals surface area contributed by atoms with Gasteiger partial charge in [0.2, 0.25) is 0 Å². The van der Waals surface area contributed by atoms with Crippen molar-refractivity contribution >= 4 is 5.97 Å². The molecule has 0 saturated carbocycles. The fraction of sp³-hybridized carbons (Fsp3) is 0.458. The number of carboxylic acid groups (broad SMARTS) is 1. The Bertz CT molecular complexity index is 1060. The monoisotopic (exact) mass is 500 g/mol. The number of likely N-dealkylation sites (tertiary alicyclic amines) is 2. The van der Waals surface area contributed by atoms with Crippen LogP contribution in [0.2, 0.25) is 0 Å². The van der Waals surface area contributed by atoms with Crippen molar-refractivity contribution in [3.05, 3.63) is 59.2 Å². The van der Waals surface area contributed by atoms with Gasteiger partial charge in [-0.05, 0) is 41.8 Å². The number of rotatable bonds is 9. The lowest BCUT2D eigenvalue weighted by Crippen LogP contribution is -2.45. The minimum Gasteiger partial charge on any atom is -0.496 e.